The normalized spacial score (nSPS) is 16.1. The maximum absolute atomic E-state index is 12.9. The van der Waals surface area contributed by atoms with Gasteiger partial charge in [0.2, 0.25) is 12.7 Å². The second kappa shape index (κ2) is 7.96. The van der Waals surface area contributed by atoms with Crippen LogP contribution in [0.1, 0.15) is 21.6 Å². The monoisotopic (exact) mass is 421 g/mol. The number of amides is 1. The summed E-state index contributed by atoms with van der Waals surface area (Å²) >= 11 is 0. The molecule has 0 unspecified atom stereocenters. The Kier molecular flexibility index (Phi) is 4.99. The van der Waals surface area contributed by atoms with Crippen molar-refractivity contribution >= 4 is 22.8 Å². The summed E-state index contributed by atoms with van der Waals surface area (Å²) in [6.07, 6.45) is 0.0772. The fourth-order valence-electron chi connectivity index (χ4n) is 4.28. The maximum Gasteiger partial charge on any atom is 0.352 e. The van der Waals surface area contributed by atoms with E-state index in [1.54, 1.807) is 0 Å². The Morgan fingerprint density at radius 3 is 2.58 bits per heavy atom. The van der Waals surface area contributed by atoms with E-state index >= 15 is 0 Å². The van der Waals surface area contributed by atoms with E-state index in [0.717, 1.165) is 47.6 Å². The predicted molar refractivity (Wildman–Crippen MR) is 113 cm³/mol. The Balaban J connectivity index is 1.22. The van der Waals surface area contributed by atoms with Crippen molar-refractivity contribution in [3.8, 4) is 11.5 Å². The molecular formula is C23H23N3O5. The zero-order valence-electron chi connectivity index (χ0n) is 17.0. The number of nitrogens with one attached hydrogen (secondary N) is 1. The largest absolute Gasteiger partial charge is 0.477 e. The fourth-order valence-corrected chi connectivity index (χ4v) is 4.28. The number of carbonyl (C=O) groups is 2. The van der Waals surface area contributed by atoms with Crippen LogP contribution in [0.2, 0.25) is 0 Å². The summed E-state index contributed by atoms with van der Waals surface area (Å²) in [5, 5.41) is 10.3. The standard InChI is InChI=1S/C23H23N3O5/c27-21(12-17-16-3-1-2-4-18(16)24-22(17)23(28)29)26-9-7-25(8-10-26)13-15-5-6-19-20(11-15)31-14-30-19/h1-6,11,24H,7-10,12-14H2,(H,28,29). The quantitative estimate of drug-likeness (QED) is 0.657. The van der Waals surface area contributed by atoms with Crippen molar-refractivity contribution in [3.05, 3.63) is 59.3 Å². The van der Waals surface area contributed by atoms with E-state index in [9.17, 15) is 14.7 Å². The minimum absolute atomic E-state index is 0.0463. The Morgan fingerprint density at radius 2 is 1.77 bits per heavy atom. The average Bonchev–Trinajstić information content (AvgIpc) is 3.39. The minimum atomic E-state index is -1.05. The molecule has 1 aromatic heterocycles. The van der Waals surface area contributed by atoms with Gasteiger partial charge in [0.05, 0.1) is 6.42 Å². The van der Waals surface area contributed by atoms with Crippen LogP contribution in [0, 0.1) is 0 Å². The third-order valence-corrected chi connectivity index (χ3v) is 5.92. The van der Waals surface area contributed by atoms with Crippen LogP contribution >= 0.6 is 0 Å². The van der Waals surface area contributed by atoms with E-state index in [4.69, 9.17) is 9.47 Å². The van der Waals surface area contributed by atoms with Gasteiger partial charge in [-0.15, -0.1) is 0 Å². The number of ether oxygens (including phenoxy) is 2. The summed E-state index contributed by atoms with van der Waals surface area (Å²) in [6, 6.07) is 13.3. The van der Waals surface area contributed by atoms with Crippen LogP contribution in [-0.2, 0) is 17.8 Å². The molecule has 1 fully saturated rings. The molecule has 0 spiro atoms. The number of rotatable bonds is 5. The van der Waals surface area contributed by atoms with Crippen LogP contribution in [0.15, 0.2) is 42.5 Å². The Bertz CT molecular complexity index is 1150. The third kappa shape index (κ3) is 3.82. The van der Waals surface area contributed by atoms with Crippen LogP contribution in [-0.4, -0.2) is 64.7 Å². The molecule has 0 bridgehead atoms. The molecule has 3 heterocycles. The lowest BCUT2D eigenvalue weighted by Gasteiger charge is -2.35. The molecule has 31 heavy (non-hydrogen) atoms. The van der Waals surface area contributed by atoms with Gasteiger partial charge in [-0.1, -0.05) is 24.3 Å². The lowest BCUT2D eigenvalue weighted by atomic mass is 10.1. The molecule has 0 aliphatic carbocycles. The molecule has 8 nitrogen and oxygen atoms in total. The molecule has 2 aliphatic heterocycles. The van der Waals surface area contributed by atoms with Gasteiger partial charge < -0.3 is 24.5 Å². The molecule has 1 saturated heterocycles. The first-order valence-corrected chi connectivity index (χ1v) is 10.3. The highest BCUT2D eigenvalue weighted by atomic mass is 16.7. The van der Waals surface area contributed by atoms with Crippen molar-refractivity contribution in [1.29, 1.82) is 0 Å². The van der Waals surface area contributed by atoms with Crippen LogP contribution in [0.5, 0.6) is 11.5 Å². The molecule has 8 heteroatoms. The van der Waals surface area contributed by atoms with Gasteiger partial charge in [-0.05, 0) is 23.8 Å². The smallest absolute Gasteiger partial charge is 0.352 e. The van der Waals surface area contributed by atoms with Gasteiger partial charge in [0.1, 0.15) is 5.69 Å². The predicted octanol–water partition coefficient (Wildman–Crippen LogP) is 2.48. The lowest BCUT2D eigenvalue weighted by molar-refractivity contribution is -0.132. The highest BCUT2D eigenvalue weighted by Crippen LogP contribution is 2.33. The molecule has 2 N–H and O–H groups in total. The number of aromatic nitrogens is 1. The van der Waals surface area contributed by atoms with Gasteiger partial charge in [-0.3, -0.25) is 9.69 Å². The van der Waals surface area contributed by atoms with Gasteiger partial charge in [0, 0.05) is 49.2 Å². The van der Waals surface area contributed by atoms with Gasteiger partial charge >= 0.3 is 5.97 Å². The number of para-hydroxylation sites is 1. The Hall–Kier alpha value is -3.52. The third-order valence-electron chi connectivity index (χ3n) is 5.92. The zero-order chi connectivity index (χ0) is 21.4. The van der Waals surface area contributed by atoms with Crippen molar-refractivity contribution in [3.63, 3.8) is 0 Å². The highest BCUT2D eigenvalue weighted by Gasteiger charge is 2.25. The SMILES string of the molecule is O=C(O)c1[nH]c2ccccc2c1CC(=O)N1CCN(Cc2ccc3c(c2)OCO3)CC1. The number of carboxylic acid groups (broad SMARTS) is 1. The average molecular weight is 421 g/mol. The van der Waals surface area contributed by atoms with Crippen LogP contribution in [0.25, 0.3) is 10.9 Å². The number of piperazine rings is 1. The molecule has 5 rings (SSSR count). The van der Waals surface area contributed by atoms with Crippen molar-refractivity contribution < 1.29 is 24.2 Å². The zero-order valence-corrected chi connectivity index (χ0v) is 17.0. The molecule has 3 aromatic rings. The van der Waals surface area contributed by atoms with Crippen molar-refractivity contribution in [2.24, 2.45) is 0 Å². The summed E-state index contributed by atoms with van der Waals surface area (Å²) < 4.78 is 10.8. The number of aromatic carboxylic acids is 1. The van der Waals surface area contributed by atoms with E-state index in [0.29, 0.717) is 18.7 Å². The van der Waals surface area contributed by atoms with E-state index in [1.165, 1.54) is 0 Å². The number of carbonyl (C=O) groups excluding carboxylic acids is 1. The van der Waals surface area contributed by atoms with Crippen molar-refractivity contribution in [1.82, 2.24) is 14.8 Å². The molecule has 2 aromatic carbocycles. The summed E-state index contributed by atoms with van der Waals surface area (Å²) in [5.41, 5.74) is 2.53. The number of hydrogen-bond acceptors (Lipinski definition) is 5. The van der Waals surface area contributed by atoms with Gasteiger partial charge in [-0.25, -0.2) is 4.79 Å². The highest BCUT2D eigenvalue weighted by molar-refractivity contribution is 6.00. The Morgan fingerprint density at radius 1 is 1.00 bits per heavy atom. The number of nitrogens with zero attached hydrogens (tertiary/aromatic N) is 2. The minimum Gasteiger partial charge on any atom is -0.477 e. The summed E-state index contributed by atoms with van der Waals surface area (Å²) in [4.78, 5) is 31.7. The molecule has 0 atom stereocenters. The number of hydrogen-bond donors (Lipinski definition) is 2. The first-order chi connectivity index (χ1) is 15.1. The number of carboxylic acids is 1. The summed E-state index contributed by atoms with van der Waals surface area (Å²) in [7, 11) is 0. The molecule has 0 radical (unpaired) electrons. The second-order valence-electron chi connectivity index (χ2n) is 7.85. The Labute approximate surface area is 179 Å². The van der Waals surface area contributed by atoms with Gasteiger partial charge in [0.15, 0.2) is 11.5 Å². The van der Waals surface area contributed by atoms with E-state index in [1.807, 2.05) is 47.4 Å². The molecule has 2 aliphatic rings. The van der Waals surface area contributed by atoms with Crippen LogP contribution < -0.4 is 9.47 Å². The number of H-pyrrole nitrogens is 1. The van der Waals surface area contributed by atoms with Crippen LogP contribution in [0.4, 0.5) is 0 Å². The van der Waals surface area contributed by atoms with E-state index < -0.39 is 5.97 Å². The molecule has 160 valence electrons. The van der Waals surface area contributed by atoms with Crippen LogP contribution in [0.3, 0.4) is 0 Å². The summed E-state index contributed by atoms with van der Waals surface area (Å²) in [5.74, 6) is 0.457. The first kappa shape index (κ1) is 19.4. The lowest BCUT2D eigenvalue weighted by Crippen LogP contribution is -2.48. The molecular weight excluding hydrogens is 398 g/mol. The molecule has 1 amide bonds. The van der Waals surface area contributed by atoms with Crippen molar-refractivity contribution in [2.75, 3.05) is 33.0 Å². The van der Waals surface area contributed by atoms with E-state index in [2.05, 4.69) is 9.88 Å². The number of benzene rings is 2. The number of aromatic amines is 1. The van der Waals surface area contributed by atoms with E-state index in [-0.39, 0.29) is 24.8 Å². The fraction of sp³-hybridized carbons (Fsp3) is 0.304. The van der Waals surface area contributed by atoms with Gasteiger partial charge in [-0.2, -0.15) is 0 Å². The summed E-state index contributed by atoms with van der Waals surface area (Å²) in [6.45, 7) is 3.81. The topological polar surface area (TPSA) is 95.1 Å². The first-order valence-electron chi connectivity index (χ1n) is 10.3. The molecule has 0 saturated carbocycles. The maximum atomic E-state index is 12.9. The van der Waals surface area contributed by atoms with Crippen molar-refractivity contribution in [2.45, 2.75) is 13.0 Å². The number of fused-ring (bicyclic) bond motifs is 2. The van der Waals surface area contributed by atoms with Gasteiger partial charge in [0.25, 0.3) is 0 Å². The second-order valence-corrected chi connectivity index (χ2v) is 7.85.